The Hall–Kier alpha value is -1.28. The Balaban J connectivity index is 1.67. The normalized spacial score (nSPS) is 15.9. The fraction of sp³-hybridized carbons (Fsp3) is 0.786. The average Bonchev–Trinajstić information content (AvgIpc) is 2.91. The number of hydrogen-bond donors (Lipinski definition) is 0. The number of esters is 1. The molecule has 0 aliphatic carbocycles. The van der Waals surface area contributed by atoms with Gasteiger partial charge < -0.3 is 18.9 Å². The Labute approximate surface area is 134 Å². The highest BCUT2D eigenvalue weighted by molar-refractivity contribution is 7.98. The second kappa shape index (κ2) is 7.82. The first-order chi connectivity index (χ1) is 10.4. The van der Waals surface area contributed by atoms with E-state index in [4.69, 9.17) is 14.0 Å². The number of thioether (sulfide) groups is 1. The molecule has 2 rings (SSSR count). The molecule has 0 N–H and O–H groups in total. The fourth-order valence-corrected chi connectivity index (χ4v) is 2.65. The highest BCUT2D eigenvalue weighted by atomic mass is 32.2. The van der Waals surface area contributed by atoms with Gasteiger partial charge in [-0.3, -0.25) is 4.79 Å². The van der Waals surface area contributed by atoms with E-state index in [1.807, 2.05) is 25.7 Å². The lowest BCUT2D eigenvalue weighted by molar-refractivity contribution is -0.154. The van der Waals surface area contributed by atoms with Gasteiger partial charge in [-0.25, -0.2) is 0 Å². The maximum atomic E-state index is 11.6. The van der Waals surface area contributed by atoms with Crippen molar-refractivity contribution in [3.05, 3.63) is 5.82 Å². The molecule has 1 saturated heterocycles. The molecular weight excluding hydrogens is 306 g/mol. The molecule has 0 saturated carbocycles. The first-order valence-corrected chi connectivity index (χ1v) is 8.54. The van der Waals surface area contributed by atoms with Crippen LogP contribution in [0.1, 0.15) is 33.0 Å². The van der Waals surface area contributed by atoms with E-state index in [1.54, 1.807) is 11.8 Å². The van der Waals surface area contributed by atoms with Gasteiger partial charge in [0.25, 0.3) is 0 Å². The van der Waals surface area contributed by atoms with E-state index in [1.165, 1.54) is 0 Å². The van der Waals surface area contributed by atoms with Gasteiger partial charge in [0.05, 0.1) is 25.4 Å². The van der Waals surface area contributed by atoms with Crippen molar-refractivity contribution in [1.82, 2.24) is 10.1 Å². The summed E-state index contributed by atoms with van der Waals surface area (Å²) in [5.41, 5.74) is -0.428. The van der Waals surface area contributed by atoms with Crippen molar-refractivity contribution in [3.63, 3.8) is 0 Å². The molecule has 124 valence electrons. The molecule has 0 radical (unpaired) electrons. The maximum absolute atomic E-state index is 11.6. The standard InChI is InChI=1S/C14H23N3O4S/c1-14(2,3)20-12(18)4-9-22-10-11-15-13(21-16-11)17-5-7-19-8-6-17/h4-10H2,1-3H3. The van der Waals surface area contributed by atoms with E-state index in [0.29, 0.717) is 43.0 Å². The predicted octanol–water partition coefficient (Wildman–Crippen LogP) is 1.87. The number of morpholine rings is 1. The molecular formula is C14H23N3O4S. The summed E-state index contributed by atoms with van der Waals surface area (Å²) in [6, 6.07) is 0.547. The van der Waals surface area contributed by atoms with Crippen molar-refractivity contribution >= 4 is 23.7 Å². The molecule has 1 aliphatic heterocycles. The maximum Gasteiger partial charge on any atom is 0.324 e. The Morgan fingerprint density at radius 1 is 1.36 bits per heavy atom. The van der Waals surface area contributed by atoms with Crippen molar-refractivity contribution in [2.24, 2.45) is 0 Å². The smallest absolute Gasteiger partial charge is 0.324 e. The van der Waals surface area contributed by atoms with Crippen LogP contribution in [0, 0.1) is 0 Å². The van der Waals surface area contributed by atoms with Crippen LogP contribution in [0.3, 0.4) is 0 Å². The lowest BCUT2D eigenvalue weighted by atomic mass is 10.2. The summed E-state index contributed by atoms with van der Waals surface area (Å²) in [6.07, 6.45) is 0.385. The van der Waals surface area contributed by atoms with E-state index in [9.17, 15) is 4.79 Å². The Morgan fingerprint density at radius 3 is 2.77 bits per heavy atom. The van der Waals surface area contributed by atoms with Crippen LogP contribution < -0.4 is 4.90 Å². The highest BCUT2D eigenvalue weighted by Gasteiger charge is 2.18. The molecule has 1 aromatic rings. The van der Waals surface area contributed by atoms with Gasteiger partial charge >= 0.3 is 12.0 Å². The van der Waals surface area contributed by atoms with Crippen LogP contribution in [-0.2, 0) is 20.0 Å². The topological polar surface area (TPSA) is 77.7 Å². The quantitative estimate of drug-likeness (QED) is 0.578. The van der Waals surface area contributed by atoms with Gasteiger partial charge in [-0.2, -0.15) is 16.7 Å². The van der Waals surface area contributed by atoms with Crippen molar-refractivity contribution in [2.45, 2.75) is 38.5 Å². The summed E-state index contributed by atoms with van der Waals surface area (Å²) in [6.45, 7) is 8.51. The molecule has 2 heterocycles. The molecule has 0 unspecified atom stereocenters. The van der Waals surface area contributed by atoms with E-state index in [-0.39, 0.29) is 5.97 Å². The summed E-state index contributed by atoms with van der Waals surface area (Å²) in [4.78, 5) is 18.0. The van der Waals surface area contributed by atoms with Gasteiger partial charge in [0.15, 0.2) is 5.82 Å². The van der Waals surface area contributed by atoms with Crippen molar-refractivity contribution in [3.8, 4) is 0 Å². The number of anilines is 1. The molecule has 0 atom stereocenters. The number of carbonyl (C=O) groups excluding carboxylic acids is 1. The molecule has 0 amide bonds. The van der Waals surface area contributed by atoms with Gasteiger partial charge in [0, 0.05) is 18.8 Å². The lowest BCUT2D eigenvalue weighted by Crippen LogP contribution is -2.36. The second-order valence-corrected chi connectivity index (χ2v) is 7.09. The van der Waals surface area contributed by atoms with Gasteiger partial charge in [0.1, 0.15) is 5.60 Å². The van der Waals surface area contributed by atoms with Crippen LogP contribution in [-0.4, -0.2) is 53.8 Å². The first kappa shape index (κ1) is 17.1. The summed E-state index contributed by atoms with van der Waals surface area (Å²) in [7, 11) is 0. The Bertz CT molecular complexity index is 481. The van der Waals surface area contributed by atoms with Crippen LogP contribution in [0.15, 0.2) is 4.52 Å². The summed E-state index contributed by atoms with van der Waals surface area (Å²) < 4.78 is 15.8. The zero-order valence-corrected chi connectivity index (χ0v) is 14.1. The molecule has 1 aromatic heterocycles. The average molecular weight is 329 g/mol. The monoisotopic (exact) mass is 329 g/mol. The van der Waals surface area contributed by atoms with Crippen molar-refractivity contribution in [1.29, 1.82) is 0 Å². The largest absolute Gasteiger partial charge is 0.460 e. The van der Waals surface area contributed by atoms with Gasteiger partial charge in [-0.1, -0.05) is 5.16 Å². The molecule has 8 heteroatoms. The second-order valence-electron chi connectivity index (χ2n) is 5.98. The fourth-order valence-electron chi connectivity index (χ4n) is 1.90. The van der Waals surface area contributed by atoms with Crippen LogP contribution in [0.4, 0.5) is 6.01 Å². The molecule has 1 aliphatic rings. The molecule has 0 bridgehead atoms. The SMILES string of the molecule is CC(C)(C)OC(=O)CCSCc1noc(N2CCOCC2)n1. The first-order valence-electron chi connectivity index (χ1n) is 7.39. The number of carbonyl (C=O) groups is 1. The molecule has 0 aromatic carbocycles. The van der Waals surface area contributed by atoms with Crippen LogP contribution in [0.5, 0.6) is 0 Å². The number of hydrogen-bond acceptors (Lipinski definition) is 8. The minimum atomic E-state index is -0.428. The Kier molecular flexibility index (Phi) is 6.07. The van der Waals surface area contributed by atoms with Gasteiger partial charge in [-0.05, 0) is 20.8 Å². The number of rotatable bonds is 6. The van der Waals surface area contributed by atoms with E-state index in [0.717, 1.165) is 13.1 Å². The van der Waals surface area contributed by atoms with Gasteiger partial charge in [-0.15, -0.1) is 0 Å². The molecule has 1 fully saturated rings. The Morgan fingerprint density at radius 2 is 2.09 bits per heavy atom. The molecule has 7 nitrogen and oxygen atoms in total. The summed E-state index contributed by atoms with van der Waals surface area (Å²) >= 11 is 1.59. The van der Waals surface area contributed by atoms with E-state index < -0.39 is 5.60 Å². The van der Waals surface area contributed by atoms with E-state index in [2.05, 4.69) is 10.1 Å². The third-order valence-corrected chi connectivity index (χ3v) is 3.80. The summed E-state index contributed by atoms with van der Waals surface area (Å²) in [5.74, 6) is 1.77. The zero-order valence-electron chi connectivity index (χ0n) is 13.3. The van der Waals surface area contributed by atoms with Crippen LogP contribution in [0.2, 0.25) is 0 Å². The van der Waals surface area contributed by atoms with Crippen molar-refractivity contribution < 1.29 is 18.8 Å². The number of nitrogens with zero attached hydrogens (tertiary/aromatic N) is 3. The van der Waals surface area contributed by atoms with E-state index >= 15 is 0 Å². The third-order valence-electron chi connectivity index (χ3n) is 2.84. The summed E-state index contributed by atoms with van der Waals surface area (Å²) in [5, 5.41) is 3.96. The molecule has 22 heavy (non-hydrogen) atoms. The lowest BCUT2D eigenvalue weighted by Gasteiger charge is -2.24. The third kappa shape index (κ3) is 5.84. The zero-order chi connectivity index (χ0) is 16.0. The minimum absolute atomic E-state index is 0.179. The minimum Gasteiger partial charge on any atom is -0.460 e. The van der Waals surface area contributed by atoms with Crippen LogP contribution in [0.25, 0.3) is 0 Å². The predicted molar refractivity (Wildman–Crippen MR) is 84.0 cm³/mol. The highest BCUT2D eigenvalue weighted by Crippen LogP contribution is 2.17. The van der Waals surface area contributed by atoms with Gasteiger partial charge in [0.2, 0.25) is 0 Å². The molecule has 0 spiro atoms. The van der Waals surface area contributed by atoms with Crippen LogP contribution >= 0.6 is 11.8 Å². The number of aromatic nitrogens is 2. The van der Waals surface area contributed by atoms with Crippen molar-refractivity contribution in [2.75, 3.05) is 37.0 Å². The number of ether oxygens (including phenoxy) is 2.